The fourth-order valence-electron chi connectivity index (χ4n) is 1.92. The summed E-state index contributed by atoms with van der Waals surface area (Å²) in [5.74, 6) is 0.629. The molecule has 0 amide bonds. The molecule has 2 aromatic rings. The largest absolute Gasteiger partial charge is 0.497 e. The highest BCUT2D eigenvalue weighted by molar-refractivity contribution is 5.49. The summed E-state index contributed by atoms with van der Waals surface area (Å²) >= 11 is 0. The molecule has 0 heterocycles. The third-order valence-corrected chi connectivity index (χ3v) is 3.15. The molecule has 0 bridgehead atoms. The van der Waals surface area contributed by atoms with E-state index in [9.17, 15) is 4.39 Å². The minimum absolute atomic E-state index is 0.0298. The maximum Gasteiger partial charge on any atom is 0.126 e. The third-order valence-electron chi connectivity index (χ3n) is 3.15. The summed E-state index contributed by atoms with van der Waals surface area (Å²) in [4.78, 5) is 0. The number of halogens is 1. The molecule has 19 heavy (non-hydrogen) atoms. The summed E-state index contributed by atoms with van der Waals surface area (Å²) in [5.41, 5.74) is 2.54. The highest BCUT2D eigenvalue weighted by Gasteiger charge is 2.08. The van der Waals surface area contributed by atoms with Gasteiger partial charge in [-0.25, -0.2) is 4.39 Å². The molecule has 0 saturated heterocycles. The van der Waals surface area contributed by atoms with Crippen LogP contribution in [0.5, 0.6) is 5.75 Å². The lowest BCUT2D eigenvalue weighted by molar-refractivity contribution is 0.415. The SMILES string of the molecule is COc1cccc(NC(C)c2ccc(C)c(F)c2)c1. The number of methoxy groups -OCH3 is 1. The van der Waals surface area contributed by atoms with Crippen LogP contribution in [0.2, 0.25) is 0 Å². The van der Waals surface area contributed by atoms with Gasteiger partial charge in [0.15, 0.2) is 0 Å². The summed E-state index contributed by atoms with van der Waals surface area (Å²) in [5, 5.41) is 3.33. The lowest BCUT2D eigenvalue weighted by atomic mass is 10.1. The van der Waals surface area contributed by atoms with Gasteiger partial charge in [0, 0.05) is 17.8 Å². The van der Waals surface area contributed by atoms with Gasteiger partial charge in [0.05, 0.1) is 7.11 Å². The smallest absolute Gasteiger partial charge is 0.126 e. The van der Waals surface area contributed by atoms with Crippen LogP contribution >= 0.6 is 0 Å². The van der Waals surface area contributed by atoms with E-state index in [-0.39, 0.29) is 11.9 Å². The van der Waals surface area contributed by atoms with Gasteiger partial charge in [-0.15, -0.1) is 0 Å². The minimum atomic E-state index is -0.170. The highest BCUT2D eigenvalue weighted by atomic mass is 19.1. The Balaban J connectivity index is 2.15. The van der Waals surface area contributed by atoms with E-state index in [4.69, 9.17) is 4.74 Å². The van der Waals surface area contributed by atoms with Crippen molar-refractivity contribution in [1.29, 1.82) is 0 Å². The Morgan fingerprint density at radius 3 is 2.63 bits per heavy atom. The first kappa shape index (κ1) is 13.4. The monoisotopic (exact) mass is 259 g/mol. The molecule has 0 fully saturated rings. The number of hydrogen-bond donors (Lipinski definition) is 1. The van der Waals surface area contributed by atoms with Crippen LogP contribution in [-0.2, 0) is 0 Å². The van der Waals surface area contributed by atoms with Crippen LogP contribution in [0.1, 0.15) is 24.1 Å². The molecule has 0 aromatic heterocycles. The molecule has 2 aromatic carbocycles. The highest BCUT2D eigenvalue weighted by Crippen LogP contribution is 2.23. The minimum Gasteiger partial charge on any atom is -0.497 e. The Kier molecular flexibility index (Phi) is 4.05. The molecule has 0 aliphatic rings. The van der Waals surface area contributed by atoms with Gasteiger partial charge >= 0.3 is 0 Å². The molecule has 0 spiro atoms. The number of aryl methyl sites for hydroxylation is 1. The van der Waals surface area contributed by atoms with Crippen molar-refractivity contribution in [3.63, 3.8) is 0 Å². The lowest BCUT2D eigenvalue weighted by Gasteiger charge is -2.16. The zero-order chi connectivity index (χ0) is 13.8. The molecular formula is C16H18FNO. The molecule has 0 saturated carbocycles. The molecule has 2 nitrogen and oxygen atoms in total. The molecular weight excluding hydrogens is 241 g/mol. The van der Waals surface area contributed by atoms with Gasteiger partial charge in [0.2, 0.25) is 0 Å². The molecule has 3 heteroatoms. The van der Waals surface area contributed by atoms with Crippen molar-refractivity contribution in [3.8, 4) is 5.75 Å². The fraction of sp³-hybridized carbons (Fsp3) is 0.250. The van der Waals surface area contributed by atoms with Crippen LogP contribution in [0, 0.1) is 12.7 Å². The zero-order valence-electron chi connectivity index (χ0n) is 11.4. The molecule has 1 N–H and O–H groups in total. The Labute approximate surface area is 113 Å². The normalized spacial score (nSPS) is 12.0. The van der Waals surface area contributed by atoms with E-state index in [1.807, 2.05) is 37.3 Å². The Morgan fingerprint density at radius 2 is 1.95 bits per heavy atom. The molecule has 2 rings (SSSR count). The van der Waals surface area contributed by atoms with Gasteiger partial charge in [-0.1, -0.05) is 18.2 Å². The van der Waals surface area contributed by atoms with E-state index in [1.54, 1.807) is 26.2 Å². The van der Waals surface area contributed by atoms with Crippen LogP contribution in [0.15, 0.2) is 42.5 Å². The quantitative estimate of drug-likeness (QED) is 0.883. The van der Waals surface area contributed by atoms with E-state index >= 15 is 0 Å². The average Bonchev–Trinajstić information content (AvgIpc) is 2.42. The van der Waals surface area contributed by atoms with E-state index in [0.717, 1.165) is 17.0 Å². The first-order chi connectivity index (χ1) is 9.10. The Hall–Kier alpha value is -2.03. The van der Waals surface area contributed by atoms with Gasteiger partial charge in [-0.3, -0.25) is 0 Å². The second-order valence-electron chi connectivity index (χ2n) is 4.61. The Morgan fingerprint density at radius 1 is 1.16 bits per heavy atom. The summed E-state index contributed by atoms with van der Waals surface area (Å²) in [6, 6.07) is 13.0. The third kappa shape index (κ3) is 3.25. The predicted molar refractivity (Wildman–Crippen MR) is 76.2 cm³/mol. The number of rotatable bonds is 4. The van der Waals surface area contributed by atoms with Crippen LogP contribution in [0.25, 0.3) is 0 Å². The van der Waals surface area contributed by atoms with Crippen molar-refractivity contribution in [3.05, 3.63) is 59.4 Å². The van der Waals surface area contributed by atoms with E-state index < -0.39 is 0 Å². The number of hydrogen-bond acceptors (Lipinski definition) is 2. The van der Waals surface area contributed by atoms with Crippen molar-refractivity contribution in [2.45, 2.75) is 19.9 Å². The molecule has 0 aliphatic carbocycles. The maximum atomic E-state index is 13.5. The number of nitrogens with one attached hydrogen (secondary N) is 1. The summed E-state index contributed by atoms with van der Waals surface area (Å²) in [7, 11) is 1.64. The standard InChI is InChI=1S/C16H18FNO/c1-11-7-8-13(9-16(11)17)12(2)18-14-5-4-6-15(10-14)19-3/h4-10,12,18H,1-3H3. The number of ether oxygens (including phenoxy) is 1. The maximum absolute atomic E-state index is 13.5. The zero-order valence-corrected chi connectivity index (χ0v) is 11.4. The van der Waals surface area contributed by atoms with Gasteiger partial charge in [-0.05, 0) is 43.2 Å². The van der Waals surface area contributed by atoms with Gasteiger partial charge in [0.25, 0.3) is 0 Å². The average molecular weight is 259 g/mol. The van der Waals surface area contributed by atoms with Crippen LogP contribution in [0.3, 0.4) is 0 Å². The van der Waals surface area contributed by atoms with Crippen LogP contribution in [0.4, 0.5) is 10.1 Å². The second kappa shape index (κ2) is 5.74. The van der Waals surface area contributed by atoms with E-state index in [1.165, 1.54) is 0 Å². The van der Waals surface area contributed by atoms with E-state index in [0.29, 0.717) is 5.56 Å². The predicted octanol–water partition coefficient (Wildman–Crippen LogP) is 4.32. The van der Waals surface area contributed by atoms with Crippen molar-refractivity contribution < 1.29 is 9.13 Å². The molecule has 1 unspecified atom stereocenters. The molecule has 0 aliphatic heterocycles. The summed E-state index contributed by atoms with van der Waals surface area (Å²) in [6.45, 7) is 3.77. The molecule has 0 radical (unpaired) electrons. The van der Waals surface area contributed by atoms with E-state index in [2.05, 4.69) is 5.32 Å². The van der Waals surface area contributed by atoms with Crippen molar-refractivity contribution in [2.75, 3.05) is 12.4 Å². The number of anilines is 1. The second-order valence-corrected chi connectivity index (χ2v) is 4.61. The first-order valence-electron chi connectivity index (χ1n) is 6.27. The summed E-state index contributed by atoms with van der Waals surface area (Å²) in [6.07, 6.45) is 0. The van der Waals surface area contributed by atoms with Crippen molar-refractivity contribution >= 4 is 5.69 Å². The van der Waals surface area contributed by atoms with Crippen molar-refractivity contribution in [1.82, 2.24) is 0 Å². The van der Waals surface area contributed by atoms with Crippen LogP contribution < -0.4 is 10.1 Å². The topological polar surface area (TPSA) is 21.3 Å². The molecule has 100 valence electrons. The molecule has 1 atom stereocenters. The van der Waals surface area contributed by atoms with Crippen LogP contribution in [-0.4, -0.2) is 7.11 Å². The van der Waals surface area contributed by atoms with Gasteiger partial charge in [-0.2, -0.15) is 0 Å². The summed E-state index contributed by atoms with van der Waals surface area (Å²) < 4.78 is 18.7. The van der Waals surface area contributed by atoms with Crippen molar-refractivity contribution in [2.24, 2.45) is 0 Å². The van der Waals surface area contributed by atoms with Gasteiger partial charge < -0.3 is 10.1 Å². The fourth-order valence-corrected chi connectivity index (χ4v) is 1.92. The first-order valence-corrected chi connectivity index (χ1v) is 6.27. The van der Waals surface area contributed by atoms with Gasteiger partial charge in [0.1, 0.15) is 11.6 Å². The Bertz CT molecular complexity index is 568. The lowest BCUT2D eigenvalue weighted by Crippen LogP contribution is -2.07. The number of benzene rings is 2.